The third-order valence-corrected chi connectivity index (χ3v) is 25.7. The minimum Gasteiger partial charge on any atom is -0.457 e. The van der Waals surface area contributed by atoms with E-state index in [1.165, 1.54) is 24.3 Å². The molecule has 142 heavy (non-hydrogen) atoms. The van der Waals surface area contributed by atoms with Crippen molar-refractivity contribution in [1.29, 1.82) is 0 Å². The number of rotatable bonds is 40. The van der Waals surface area contributed by atoms with Crippen LogP contribution in [0.25, 0.3) is 87.6 Å². The van der Waals surface area contributed by atoms with Crippen LogP contribution in [0.1, 0.15) is 108 Å². The van der Waals surface area contributed by atoms with E-state index < -0.39 is 47.5 Å². The fraction of sp³-hybridized carbons (Fsp3) is 0.214. The highest BCUT2D eigenvalue weighted by Crippen LogP contribution is 2.59. The van der Waals surface area contributed by atoms with Gasteiger partial charge in [-0.15, -0.1) is 0 Å². The number of epoxide rings is 4. The molecule has 0 spiro atoms. The number of imide groups is 2. The second kappa shape index (κ2) is 40.2. The number of pyridine rings is 2. The molecule has 6 N–H and O–H groups in total. The lowest BCUT2D eigenvalue weighted by Crippen LogP contribution is -2.55. The van der Waals surface area contributed by atoms with Gasteiger partial charge in [-0.25, -0.2) is 0 Å². The Labute approximate surface area is 813 Å². The van der Waals surface area contributed by atoms with Crippen molar-refractivity contribution in [2.75, 3.05) is 92.1 Å². The van der Waals surface area contributed by atoms with E-state index in [4.69, 9.17) is 47.4 Å². The average Bonchev–Trinajstić information content (AvgIpc) is 0.936. The zero-order valence-corrected chi connectivity index (χ0v) is 77.1. The molecule has 21 rings (SSSR count). The molecule has 0 radical (unpaired) electrons. The molecule has 4 fully saturated rings. The lowest BCUT2D eigenvalue weighted by atomic mass is 9.80. The fourth-order valence-electron chi connectivity index (χ4n) is 18.3. The molecule has 0 saturated carbocycles. The SMILES string of the molecule is CCOCCNC(=O)C(Cc1ccncc1)N1C(=O)c2cc(Oc3cccc(-c4cccc(C(=O)NCC5CO5)c4)c3)c3c4c(Oc5cccc(-c6cccc(C(=O)NCC7CO7)c6)c5)cc5c6c(cc(Oc7cccc(-c8cccc(C(=O)NCC9CO9)c8)c7)c(c7c(Oc8cccc(-c9cccc(C(=O)NCC%10CO%10)c9)c8)cc(c2c37)C1=O)c64)C(=O)N(C(Cc1ccncc1)C(=O)NCCOCC)C5=O. The molecule has 30 nitrogen and oxygen atoms in total. The van der Waals surface area contributed by atoms with Crippen molar-refractivity contribution in [3.05, 3.63) is 323 Å². The van der Waals surface area contributed by atoms with Crippen LogP contribution in [0, 0.1) is 0 Å². The first-order valence-corrected chi connectivity index (χ1v) is 47.1. The van der Waals surface area contributed by atoms with Gasteiger partial charge in [-0.3, -0.25) is 67.7 Å². The van der Waals surface area contributed by atoms with E-state index in [0.717, 1.165) is 9.80 Å². The molecule has 0 bridgehead atoms. The second-order valence-electron chi connectivity index (χ2n) is 35.3. The van der Waals surface area contributed by atoms with E-state index in [0.29, 0.717) is 144 Å². The summed E-state index contributed by atoms with van der Waals surface area (Å²) in [6.45, 7) is 7.73. The first-order chi connectivity index (χ1) is 69.4. The Balaban J connectivity index is 0.865. The summed E-state index contributed by atoms with van der Waals surface area (Å²) in [6, 6.07) is 65.9. The first kappa shape index (κ1) is 91.9. The Bertz CT molecular complexity index is 6750. The Morgan fingerprint density at radius 2 is 0.563 bits per heavy atom. The molecule has 6 atom stereocenters. The maximum atomic E-state index is 17.2. The molecular weight excluding hydrogens is 1810 g/mol. The highest BCUT2D eigenvalue weighted by Gasteiger charge is 2.47. The Kier molecular flexibility index (Phi) is 26.0. The number of aromatic nitrogens is 2. The van der Waals surface area contributed by atoms with Crippen LogP contribution >= 0.6 is 0 Å². The molecule has 6 aliphatic heterocycles. The molecule has 15 aromatic rings. The maximum Gasteiger partial charge on any atom is 0.262 e. The molecule has 30 heteroatoms. The van der Waals surface area contributed by atoms with Gasteiger partial charge in [0.15, 0.2) is 0 Å². The van der Waals surface area contributed by atoms with Gasteiger partial charge in [-0.1, -0.05) is 97.1 Å². The van der Waals surface area contributed by atoms with Crippen molar-refractivity contribution in [3.8, 4) is 90.5 Å². The first-order valence-electron chi connectivity index (χ1n) is 47.1. The van der Waals surface area contributed by atoms with E-state index in [2.05, 4.69) is 41.9 Å². The number of nitrogens with zero attached hydrogens (tertiary/aromatic N) is 4. The summed E-state index contributed by atoms with van der Waals surface area (Å²) in [4.78, 5) is 166. The number of hydrogen-bond acceptors (Lipinski definition) is 22. The third kappa shape index (κ3) is 19.6. The third-order valence-electron chi connectivity index (χ3n) is 25.7. The van der Waals surface area contributed by atoms with Crippen molar-refractivity contribution >= 4 is 102 Å². The Morgan fingerprint density at radius 3 is 0.810 bits per heavy atom. The molecule has 712 valence electrons. The minimum absolute atomic E-state index is 0.0132. The average molecular weight is 1900 g/mol. The van der Waals surface area contributed by atoms with Gasteiger partial charge in [0.1, 0.15) is 58.1 Å². The lowest BCUT2D eigenvalue weighted by molar-refractivity contribution is -0.125. The summed E-state index contributed by atoms with van der Waals surface area (Å²) < 4.78 is 63.8. The van der Waals surface area contributed by atoms with Crippen molar-refractivity contribution in [3.63, 3.8) is 0 Å². The van der Waals surface area contributed by atoms with Crippen LogP contribution in [-0.2, 0) is 50.9 Å². The maximum absolute atomic E-state index is 17.2. The highest BCUT2D eigenvalue weighted by molar-refractivity contribution is 6.45. The molecule has 6 aliphatic rings. The minimum atomic E-state index is -1.59. The van der Waals surface area contributed by atoms with Crippen molar-refractivity contribution in [2.45, 2.75) is 63.2 Å². The van der Waals surface area contributed by atoms with E-state index in [1.807, 2.05) is 62.4 Å². The van der Waals surface area contributed by atoms with Gasteiger partial charge in [0.2, 0.25) is 11.8 Å². The molecule has 2 aromatic heterocycles. The summed E-state index contributed by atoms with van der Waals surface area (Å²) in [7, 11) is 0. The molecule has 4 saturated heterocycles. The Morgan fingerprint density at radius 1 is 0.317 bits per heavy atom. The number of fused-ring (bicyclic) bond motifs is 2. The summed E-state index contributed by atoms with van der Waals surface area (Å²) >= 11 is 0. The topological polar surface area (TPSA) is 381 Å². The fourth-order valence-corrected chi connectivity index (χ4v) is 18.3. The molecule has 0 aliphatic carbocycles. The van der Waals surface area contributed by atoms with Crippen LogP contribution in [0.5, 0.6) is 46.0 Å². The number of hydrogen-bond donors (Lipinski definition) is 6. The largest absolute Gasteiger partial charge is 0.457 e. The number of carbonyl (C=O) groups excluding carboxylic acids is 10. The van der Waals surface area contributed by atoms with Crippen LogP contribution in [0.2, 0.25) is 0 Å². The van der Waals surface area contributed by atoms with Crippen molar-refractivity contribution in [2.24, 2.45) is 0 Å². The number of carbonyl (C=O) groups is 10. The number of nitrogens with one attached hydrogen (secondary N) is 6. The van der Waals surface area contributed by atoms with Gasteiger partial charge in [0, 0.05) is 155 Å². The van der Waals surface area contributed by atoms with Crippen LogP contribution in [0.4, 0.5) is 0 Å². The molecule has 6 unspecified atom stereocenters. The molecule has 10 amide bonds. The summed E-state index contributed by atoms with van der Waals surface area (Å²) in [5.74, 6) is -6.37. The van der Waals surface area contributed by atoms with Gasteiger partial charge in [0.05, 0.1) is 86.3 Å². The predicted octanol–water partition coefficient (Wildman–Crippen LogP) is 15.6. The van der Waals surface area contributed by atoms with Crippen LogP contribution < -0.4 is 50.8 Å². The standard InChI is InChI=1S/C112H94N10O20/c1-3-133-39-37-115-107(127)89(41-63-29-33-113-34-30-63)121-109(129)85-51-91(139-77-25-9-17-69(47-77)65-13-5-21-73(43-65)103(123)117-55-81-59-135-81)97-99-93(141-79-27-11-19-71(49-79)67-15-7-23-75(45-67)105(125)119-57-83-61-137-83)53-87-96-88(112(132)122(111(87)131)90(42-64-31-35-114-36-32-64)108(128)116-38-40-134-4-2)54-94(142-80-28-12-20-72(50-80)68-16-8-24-76(46-68)106(126)120-58-84-62-138-84)100(102(96)99)98-92(52-86(110(121)130)95(85)101(97)98)140-78-26-10-18-70(48-78)66-14-6-22-74(44-66)104(124)118-56-82-60-136-82/h5-36,43-54,81-84,89-90H,3-4,37-42,55-62H2,1-2H3,(H,115,127)(H,116,128)(H,117,123)(H,118,124)(H,119,125)(H,120,126). The van der Waals surface area contributed by atoms with Gasteiger partial charge >= 0.3 is 0 Å². The van der Waals surface area contributed by atoms with E-state index in [1.54, 1.807) is 195 Å². The normalized spacial score (nSPS) is 16.3. The number of benzene rings is 13. The lowest BCUT2D eigenvalue weighted by Gasteiger charge is -2.36. The van der Waals surface area contributed by atoms with E-state index in [9.17, 15) is 19.2 Å². The summed E-state index contributed by atoms with van der Waals surface area (Å²) in [5, 5.41) is 18.3. The van der Waals surface area contributed by atoms with Gasteiger partial charge in [-0.05, 0) is 215 Å². The predicted molar refractivity (Wildman–Crippen MR) is 527 cm³/mol. The molecule has 13 aromatic carbocycles. The van der Waals surface area contributed by atoms with Gasteiger partial charge < -0.3 is 79.3 Å². The molecule has 8 heterocycles. The summed E-state index contributed by atoms with van der Waals surface area (Å²) in [5.41, 5.74) is 6.52. The zero-order valence-electron chi connectivity index (χ0n) is 77.1. The summed E-state index contributed by atoms with van der Waals surface area (Å²) in [6.07, 6.45) is 5.33. The number of amides is 10. The van der Waals surface area contributed by atoms with Crippen LogP contribution in [0.3, 0.4) is 0 Å². The van der Waals surface area contributed by atoms with Crippen LogP contribution in [0.15, 0.2) is 267 Å². The monoisotopic (exact) mass is 1900 g/mol. The van der Waals surface area contributed by atoms with Crippen molar-refractivity contribution in [1.82, 2.24) is 51.7 Å². The zero-order chi connectivity index (χ0) is 97.2. The quantitative estimate of drug-likeness (QED) is 0.00683. The van der Waals surface area contributed by atoms with Crippen molar-refractivity contribution < 1.29 is 95.3 Å². The smallest absolute Gasteiger partial charge is 0.262 e. The van der Waals surface area contributed by atoms with E-state index in [-0.39, 0.29) is 199 Å². The van der Waals surface area contributed by atoms with Crippen LogP contribution in [-0.4, -0.2) is 207 Å². The Hall–Kier alpha value is -16.5. The van der Waals surface area contributed by atoms with Gasteiger partial charge in [-0.2, -0.15) is 0 Å². The van der Waals surface area contributed by atoms with Gasteiger partial charge in [0.25, 0.3) is 47.3 Å². The number of ether oxygens (including phenoxy) is 10. The second-order valence-corrected chi connectivity index (χ2v) is 35.3. The van der Waals surface area contributed by atoms with E-state index >= 15 is 28.8 Å². The molecular formula is C112H94N10O20. The highest BCUT2D eigenvalue weighted by atomic mass is 16.6.